The van der Waals surface area contributed by atoms with Crippen molar-refractivity contribution in [3.63, 3.8) is 0 Å². The third kappa shape index (κ3) is 3.17. The summed E-state index contributed by atoms with van der Waals surface area (Å²) in [5, 5.41) is 6.99. The molecule has 0 saturated heterocycles. The second-order valence-corrected chi connectivity index (χ2v) is 6.05. The summed E-state index contributed by atoms with van der Waals surface area (Å²) in [6.07, 6.45) is 1.83. The Morgan fingerprint density at radius 3 is 2.65 bits per heavy atom. The van der Waals surface area contributed by atoms with E-state index in [-0.39, 0.29) is 11.9 Å². The average molecular weight is 289 g/mol. The second-order valence-electron chi connectivity index (χ2n) is 4.78. The minimum absolute atomic E-state index is 0.0643. The number of aryl methyl sites for hydroxylation is 2. The van der Waals surface area contributed by atoms with Crippen LogP contribution in [0.4, 0.5) is 5.69 Å². The maximum absolute atomic E-state index is 12.3. The number of carbonyl (C=O) groups excluding carboxylic acids is 1. The zero-order valence-corrected chi connectivity index (χ0v) is 13.0. The van der Waals surface area contributed by atoms with Gasteiger partial charge in [0.15, 0.2) is 0 Å². The quantitative estimate of drug-likeness (QED) is 0.908. The molecule has 2 aromatic rings. The second kappa shape index (κ2) is 6.05. The highest BCUT2D eigenvalue weighted by molar-refractivity contribution is 7.11. The Kier molecular flexibility index (Phi) is 4.39. The van der Waals surface area contributed by atoms with E-state index in [4.69, 9.17) is 0 Å². The molecule has 5 heteroatoms. The molecule has 0 saturated carbocycles. The maximum Gasteiger partial charge on any atom is 0.252 e. The lowest BCUT2D eigenvalue weighted by atomic mass is 10.1. The fourth-order valence-electron chi connectivity index (χ4n) is 1.98. The number of nitrogens with zero attached hydrogens (tertiary/aromatic N) is 1. The largest absolute Gasteiger partial charge is 0.388 e. The van der Waals surface area contributed by atoms with Crippen molar-refractivity contribution in [1.82, 2.24) is 10.3 Å². The molecule has 2 N–H and O–H groups in total. The molecule has 4 nitrogen and oxygen atoms in total. The monoisotopic (exact) mass is 289 g/mol. The van der Waals surface area contributed by atoms with Crippen molar-refractivity contribution < 1.29 is 4.79 Å². The van der Waals surface area contributed by atoms with E-state index in [0.29, 0.717) is 5.56 Å². The topological polar surface area (TPSA) is 54.0 Å². The number of thiazole rings is 1. The number of carbonyl (C=O) groups is 1. The van der Waals surface area contributed by atoms with Gasteiger partial charge in [0.1, 0.15) is 5.01 Å². The Morgan fingerprint density at radius 1 is 1.35 bits per heavy atom. The van der Waals surface area contributed by atoms with Crippen LogP contribution in [0.5, 0.6) is 0 Å². The maximum atomic E-state index is 12.3. The first kappa shape index (κ1) is 14.5. The van der Waals surface area contributed by atoms with Crippen molar-refractivity contribution in [2.24, 2.45) is 0 Å². The van der Waals surface area contributed by atoms with E-state index in [1.165, 1.54) is 0 Å². The molecular weight excluding hydrogens is 270 g/mol. The smallest absolute Gasteiger partial charge is 0.252 e. The van der Waals surface area contributed by atoms with E-state index >= 15 is 0 Å². The van der Waals surface area contributed by atoms with E-state index in [1.807, 2.05) is 52.2 Å². The number of anilines is 1. The highest BCUT2D eigenvalue weighted by Gasteiger charge is 2.15. The zero-order chi connectivity index (χ0) is 14.7. The summed E-state index contributed by atoms with van der Waals surface area (Å²) in [5.74, 6) is -0.0643. The highest BCUT2D eigenvalue weighted by Crippen LogP contribution is 2.20. The van der Waals surface area contributed by atoms with Gasteiger partial charge >= 0.3 is 0 Å². The summed E-state index contributed by atoms with van der Waals surface area (Å²) in [4.78, 5) is 17.8. The molecule has 0 radical (unpaired) electrons. The van der Waals surface area contributed by atoms with Crippen LogP contribution in [0, 0.1) is 13.8 Å². The predicted molar refractivity (Wildman–Crippen MR) is 83.5 cm³/mol. The van der Waals surface area contributed by atoms with Gasteiger partial charge in [-0.2, -0.15) is 0 Å². The standard InChI is InChI=1S/C15H19N3OS/c1-9-7-12(16-4)5-6-13(9)14(19)18-11(3)15-17-8-10(2)20-15/h5-8,11,16H,1-4H3,(H,18,19). The van der Waals surface area contributed by atoms with Crippen LogP contribution in [0.3, 0.4) is 0 Å². The third-order valence-corrected chi connectivity index (χ3v) is 4.21. The van der Waals surface area contributed by atoms with Crippen molar-refractivity contribution >= 4 is 22.9 Å². The van der Waals surface area contributed by atoms with E-state index in [2.05, 4.69) is 15.6 Å². The van der Waals surface area contributed by atoms with E-state index in [9.17, 15) is 4.79 Å². The molecule has 0 aliphatic rings. The molecule has 0 aliphatic heterocycles. The van der Waals surface area contributed by atoms with Gasteiger partial charge in [0.2, 0.25) is 0 Å². The van der Waals surface area contributed by atoms with Crippen molar-refractivity contribution in [3.8, 4) is 0 Å². The van der Waals surface area contributed by atoms with Gasteiger partial charge < -0.3 is 10.6 Å². The summed E-state index contributed by atoms with van der Waals surface area (Å²) in [7, 11) is 1.86. The summed E-state index contributed by atoms with van der Waals surface area (Å²) in [5.41, 5.74) is 2.66. The average Bonchev–Trinajstić information content (AvgIpc) is 2.85. The Labute approximate surface area is 123 Å². The van der Waals surface area contributed by atoms with Crippen molar-refractivity contribution in [2.75, 3.05) is 12.4 Å². The summed E-state index contributed by atoms with van der Waals surface area (Å²) < 4.78 is 0. The Bertz CT molecular complexity index is 621. The number of rotatable bonds is 4. The Hall–Kier alpha value is -1.88. The highest BCUT2D eigenvalue weighted by atomic mass is 32.1. The van der Waals surface area contributed by atoms with Crippen molar-refractivity contribution in [2.45, 2.75) is 26.8 Å². The molecule has 1 atom stereocenters. The van der Waals surface area contributed by atoms with Gasteiger partial charge in [0, 0.05) is 29.4 Å². The lowest BCUT2D eigenvalue weighted by Crippen LogP contribution is -2.27. The first-order chi connectivity index (χ1) is 9.51. The van der Waals surface area contributed by atoms with Gasteiger partial charge in [0.05, 0.1) is 6.04 Å². The van der Waals surface area contributed by atoms with Gasteiger partial charge in [-0.1, -0.05) is 0 Å². The molecule has 1 unspecified atom stereocenters. The Morgan fingerprint density at radius 2 is 2.10 bits per heavy atom. The van der Waals surface area contributed by atoms with Gasteiger partial charge in [0.25, 0.3) is 5.91 Å². The molecule has 0 bridgehead atoms. The van der Waals surface area contributed by atoms with Crippen molar-refractivity contribution in [3.05, 3.63) is 45.4 Å². The molecule has 106 valence electrons. The number of hydrogen-bond donors (Lipinski definition) is 2. The van der Waals surface area contributed by atoms with Crippen LogP contribution in [0.2, 0.25) is 0 Å². The molecule has 1 heterocycles. The van der Waals surface area contributed by atoms with Crippen LogP contribution in [0.1, 0.15) is 38.8 Å². The minimum Gasteiger partial charge on any atom is -0.388 e. The van der Waals surface area contributed by atoms with Crippen LogP contribution in [0.25, 0.3) is 0 Å². The molecule has 0 aliphatic carbocycles. The van der Waals surface area contributed by atoms with E-state index in [1.54, 1.807) is 11.3 Å². The van der Waals surface area contributed by atoms with E-state index in [0.717, 1.165) is 21.1 Å². The van der Waals surface area contributed by atoms with Gasteiger partial charge in [-0.3, -0.25) is 4.79 Å². The SMILES string of the molecule is CNc1ccc(C(=O)NC(C)c2ncc(C)s2)c(C)c1. The first-order valence-corrected chi connectivity index (χ1v) is 7.34. The van der Waals surface area contributed by atoms with Crippen LogP contribution in [-0.4, -0.2) is 17.9 Å². The van der Waals surface area contributed by atoms with Crippen LogP contribution in [0.15, 0.2) is 24.4 Å². The van der Waals surface area contributed by atoms with Crippen LogP contribution in [-0.2, 0) is 0 Å². The predicted octanol–water partition coefficient (Wildman–Crippen LogP) is 3.29. The molecule has 1 amide bonds. The number of nitrogens with one attached hydrogen (secondary N) is 2. The summed E-state index contributed by atoms with van der Waals surface area (Å²) >= 11 is 1.61. The summed E-state index contributed by atoms with van der Waals surface area (Å²) in [6.45, 7) is 5.90. The number of hydrogen-bond acceptors (Lipinski definition) is 4. The molecule has 0 fully saturated rings. The third-order valence-electron chi connectivity index (χ3n) is 3.12. The van der Waals surface area contributed by atoms with Gasteiger partial charge in [-0.05, 0) is 44.5 Å². The molecule has 20 heavy (non-hydrogen) atoms. The normalized spacial score (nSPS) is 12.0. The van der Waals surface area contributed by atoms with E-state index < -0.39 is 0 Å². The minimum atomic E-state index is -0.0791. The molecular formula is C15H19N3OS. The van der Waals surface area contributed by atoms with Gasteiger partial charge in [-0.15, -0.1) is 11.3 Å². The number of aromatic nitrogens is 1. The lowest BCUT2D eigenvalue weighted by Gasteiger charge is -2.13. The lowest BCUT2D eigenvalue weighted by molar-refractivity contribution is 0.0939. The molecule has 0 spiro atoms. The fraction of sp³-hybridized carbons (Fsp3) is 0.333. The van der Waals surface area contributed by atoms with Crippen LogP contribution < -0.4 is 10.6 Å². The first-order valence-electron chi connectivity index (χ1n) is 6.53. The molecule has 1 aromatic heterocycles. The van der Waals surface area contributed by atoms with Gasteiger partial charge in [-0.25, -0.2) is 4.98 Å². The molecule has 2 rings (SSSR count). The number of benzene rings is 1. The van der Waals surface area contributed by atoms with Crippen molar-refractivity contribution in [1.29, 1.82) is 0 Å². The Balaban J connectivity index is 2.12. The summed E-state index contributed by atoms with van der Waals surface area (Å²) in [6, 6.07) is 5.63. The van der Waals surface area contributed by atoms with Crippen LogP contribution >= 0.6 is 11.3 Å². The fourth-order valence-corrected chi connectivity index (χ4v) is 2.76. The number of amides is 1. The molecule has 1 aromatic carbocycles. The zero-order valence-electron chi connectivity index (χ0n) is 12.2.